The predicted octanol–water partition coefficient (Wildman–Crippen LogP) is 3.76. The quantitative estimate of drug-likeness (QED) is 0.822. The summed E-state index contributed by atoms with van der Waals surface area (Å²) in [6.07, 6.45) is 1.02. The molecule has 3 rings (SSSR count). The van der Waals surface area contributed by atoms with E-state index in [9.17, 15) is 0 Å². The van der Waals surface area contributed by atoms with Crippen LogP contribution in [0.4, 0.5) is 11.5 Å². The van der Waals surface area contributed by atoms with Gasteiger partial charge in [-0.3, -0.25) is 0 Å². The highest BCUT2D eigenvalue weighted by Gasteiger charge is 2.27. The second-order valence-electron chi connectivity index (χ2n) is 5.55. The van der Waals surface area contributed by atoms with Gasteiger partial charge < -0.3 is 11.1 Å². The number of rotatable bonds is 2. The van der Waals surface area contributed by atoms with Crippen LogP contribution >= 0.6 is 15.9 Å². The van der Waals surface area contributed by atoms with E-state index < -0.39 is 0 Å². The molecule has 5 heteroatoms. The largest absolute Gasteiger partial charge is 0.399 e. The number of hydrogen-bond acceptors (Lipinski definition) is 3. The Labute approximate surface area is 127 Å². The van der Waals surface area contributed by atoms with Crippen molar-refractivity contribution in [3.05, 3.63) is 40.0 Å². The smallest absolute Gasteiger partial charge is 0.139 e. The number of aromatic nitrogens is 2. The molecule has 1 atom stereocenters. The van der Waals surface area contributed by atoms with E-state index >= 15 is 0 Å². The number of fused-ring (bicyclic) bond motifs is 1. The van der Waals surface area contributed by atoms with Crippen LogP contribution in [-0.2, 0) is 0 Å². The monoisotopic (exact) mass is 334 g/mol. The van der Waals surface area contributed by atoms with Gasteiger partial charge in [0.2, 0.25) is 0 Å². The Morgan fingerprint density at radius 1 is 1.45 bits per heavy atom. The molecule has 4 nitrogen and oxygen atoms in total. The van der Waals surface area contributed by atoms with Crippen LogP contribution in [0.3, 0.4) is 0 Å². The summed E-state index contributed by atoms with van der Waals surface area (Å²) in [5.41, 5.74) is 9.04. The third-order valence-corrected chi connectivity index (χ3v) is 4.51. The second kappa shape index (κ2) is 5.13. The fourth-order valence-corrected chi connectivity index (χ4v) is 3.57. The van der Waals surface area contributed by atoms with Crippen LogP contribution in [0.25, 0.3) is 0 Å². The number of nitrogens with one attached hydrogen (secondary N) is 1. The average Bonchev–Trinajstić information content (AvgIpc) is 2.76. The lowest BCUT2D eigenvalue weighted by atomic mass is 10.0. The highest BCUT2D eigenvalue weighted by atomic mass is 79.9. The third kappa shape index (κ3) is 2.20. The van der Waals surface area contributed by atoms with Gasteiger partial charge in [-0.25, -0.2) is 4.68 Å². The van der Waals surface area contributed by atoms with E-state index in [-0.39, 0.29) is 6.04 Å². The van der Waals surface area contributed by atoms with Crippen LogP contribution in [0.5, 0.6) is 0 Å². The molecular weight excluding hydrogens is 316 g/mol. The summed E-state index contributed by atoms with van der Waals surface area (Å²) in [4.78, 5) is 0. The molecule has 2 aromatic rings. The van der Waals surface area contributed by atoms with E-state index in [1.165, 1.54) is 5.56 Å². The van der Waals surface area contributed by atoms with Crippen LogP contribution in [0.1, 0.15) is 43.5 Å². The van der Waals surface area contributed by atoms with E-state index in [4.69, 9.17) is 10.8 Å². The number of benzene rings is 1. The molecule has 1 aromatic heterocycles. The van der Waals surface area contributed by atoms with Crippen molar-refractivity contribution in [1.29, 1.82) is 0 Å². The summed E-state index contributed by atoms with van der Waals surface area (Å²) in [5, 5.41) is 8.25. The van der Waals surface area contributed by atoms with Crippen LogP contribution in [0.15, 0.2) is 28.7 Å². The molecule has 106 valence electrons. The molecule has 20 heavy (non-hydrogen) atoms. The highest BCUT2D eigenvalue weighted by Crippen LogP contribution is 2.38. The normalized spacial score (nSPS) is 17.9. The standard InChI is InChI=1S/C15H19BrN4/c1-9(2)14-13(16)15-18-7-6-12(20(15)19-14)10-4-3-5-11(17)8-10/h3-5,8-9,12,18H,6-7,17H2,1-2H3. The summed E-state index contributed by atoms with van der Waals surface area (Å²) in [6, 6.07) is 8.35. The molecule has 0 fully saturated rings. The molecule has 1 aromatic carbocycles. The lowest BCUT2D eigenvalue weighted by molar-refractivity contribution is 0.476. The zero-order chi connectivity index (χ0) is 14.3. The fraction of sp³-hybridized carbons (Fsp3) is 0.400. The lowest BCUT2D eigenvalue weighted by Gasteiger charge is -2.26. The molecule has 0 saturated heterocycles. The van der Waals surface area contributed by atoms with Gasteiger partial charge in [-0.1, -0.05) is 26.0 Å². The molecule has 0 saturated carbocycles. The molecule has 2 heterocycles. The number of hydrogen-bond donors (Lipinski definition) is 2. The van der Waals surface area contributed by atoms with Gasteiger partial charge in [0, 0.05) is 12.2 Å². The maximum Gasteiger partial charge on any atom is 0.139 e. The Morgan fingerprint density at radius 2 is 2.25 bits per heavy atom. The average molecular weight is 335 g/mol. The number of halogens is 1. The Bertz CT molecular complexity index is 633. The maximum atomic E-state index is 5.91. The van der Waals surface area contributed by atoms with Crippen molar-refractivity contribution < 1.29 is 0 Å². The molecule has 0 aliphatic carbocycles. The molecule has 0 radical (unpaired) electrons. The summed E-state index contributed by atoms with van der Waals surface area (Å²) in [7, 11) is 0. The molecule has 1 aliphatic rings. The zero-order valence-corrected chi connectivity index (χ0v) is 13.3. The van der Waals surface area contributed by atoms with Crippen molar-refractivity contribution in [1.82, 2.24) is 9.78 Å². The third-order valence-electron chi connectivity index (χ3n) is 3.73. The minimum absolute atomic E-state index is 0.249. The summed E-state index contributed by atoms with van der Waals surface area (Å²) in [5.74, 6) is 1.47. The summed E-state index contributed by atoms with van der Waals surface area (Å²) >= 11 is 3.68. The van der Waals surface area contributed by atoms with Crippen LogP contribution in [0.2, 0.25) is 0 Å². The Balaban J connectivity index is 2.08. The van der Waals surface area contributed by atoms with Gasteiger partial charge >= 0.3 is 0 Å². The molecule has 0 bridgehead atoms. The first-order chi connectivity index (χ1) is 9.58. The van der Waals surface area contributed by atoms with Crippen LogP contribution in [-0.4, -0.2) is 16.3 Å². The van der Waals surface area contributed by atoms with Crippen molar-refractivity contribution in [2.24, 2.45) is 0 Å². The lowest BCUT2D eigenvalue weighted by Crippen LogP contribution is -2.24. The van der Waals surface area contributed by atoms with Gasteiger partial charge in [-0.15, -0.1) is 0 Å². The van der Waals surface area contributed by atoms with E-state index in [0.717, 1.165) is 34.6 Å². The van der Waals surface area contributed by atoms with E-state index in [2.05, 4.69) is 45.8 Å². The van der Waals surface area contributed by atoms with Gasteiger partial charge in [0.05, 0.1) is 16.2 Å². The van der Waals surface area contributed by atoms with Gasteiger partial charge in [0.15, 0.2) is 0 Å². The minimum atomic E-state index is 0.249. The maximum absolute atomic E-state index is 5.91. The summed E-state index contributed by atoms with van der Waals surface area (Å²) < 4.78 is 3.18. The first kappa shape index (κ1) is 13.5. The Hall–Kier alpha value is -1.49. The van der Waals surface area contributed by atoms with Crippen molar-refractivity contribution in [2.45, 2.75) is 32.2 Å². The Morgan fingerprint density at radius 3 is 2.95 bits per heavy atom. The van der Waals surface area contributed by atoms with Gasteiger partial charge in [0.1, 0.15) is 5.82 Å². The van der Waals surface area contributed by atoms with Crippen molar-refractivity contribution in [2.75, 3.05) is 17.6 Å². The molecule has 1 unspecified atom stereocenters. The molecule has 1 aliphatic heterocycles. The zero-order valence-electron chi connectivity index (χ0n) is 11.7. The second-order valence-corrected chi connectivity index (χ2v) is 6.34. The number of nitrogens with zero attached hydrogens (tertiary/aromatic N) is 2. The number of nitrogens with two attached hydrogens (primary N) is 1. The van der Waals surface area contributed by atoms with E-state index in [1.807, 2.05) is 18.2 Å². The van der Waals surface area contributed by atoms with Gasteiger partial charge in [0.25, 0.3) is 0 Å². The molecule has 0 amide bonds. The first-order valence-electron chi connectivity index (χ1n) is 6.95. The minimum Gasteiger partial charge on any atom is -0.399 e. The van der Waals surface area contributed by atoms with Crippen molar-refractivity contribution in [3.63, 3.8) is 0 Å². The van der Waals surface area contributed by atoms with Gasteiger partial charge in [-0.2, -0.15) is 5.10 Å². The van der Waals surface area contributed by atoms with Crippen LogP contribution < -0.4 is 11.1 Å². The van der Waals surface area contributed by atoms with Crippen molar-refractivity contribution >= 4 is 27.4 Å². The first-order valence-corrected chi connectivity index (χ1v) is 7.74. The highest BCUT2D eigenvalue weighted by molar-refractivity contribution is 9.10. The topological polar surface area (TPSA) is 55.9 Å². The van der Waals surface area contributed by atoms with Crippen LogP contribution in [0, 0.1) is 0 Å². The SMILES string of the molecule is CC(C)c1nn2c(c1Br)NCCC2c1cccc(N)c1. The van der Waals surface area contributed by atoms with E-state index in [1.54, 1.807) is 0 Å². The number of nitrogen functional groups attached to an aromatic ring is 1. The fourth-order valence-electron chi connectivity index (χ4n) is 2.71. The molecule has 0 spiro atoms. The molecular formula is C15H19BrN4. The van der Waals surface area contributed by atoms with Gasteiger partial charge in [-0.05, 0) is 46.0 Å². The Kier molecular flexibility index (Phi) is 3.46. The number of anilines is 2. The molecule has 3 N–H and O–H groups in total. The van der Waals surface area contributed by atoms with E-state index in [0.29, 0.717) is 5.92 Å². The van der Waals surface area contributed by atoms with Crippen molar-refractivity contribution in [3.8, 4) is 0 Å². The summed E-state index contributed by atoms with van der Waals surface area (Å²) in [6.45, 7) is 5.27. The predicted molar refractivity (Wildman–Crippen MR) is 86.1 cm³/mol.